The molecule has 0 atom stereocenters. The van der Waals surface area contributed by atoms with Crippen molar-refractivity contribution in [3.8, 4) is 5.69 Å². The van der Waals surface area contributed by atoms with Gasteiger partial charge in [0, 0.05) is 44.3 Å². The quantitative estimate of drug-likeness (QED) is 0.163. The van der Waals surface area contributed by atoms with Crippen LogP contribution in [0.3, 0.4) is 0 Å². The Kier molecular flexibility index (Phi) is 5.24. The van der Waals surface area contributed by atoms with Crippen LogP contribution in [0.15, 0.2) is 138 Å². The highest BCUT2D eigenvalue weighted by atomic mass is 16.3. The minimum absolute atomic E-state index is 0.00369. The third kappa shape index (κ3) is 3.48. The van der Waals surface area contributed by atoms with Gasteiger partial charge in [-0.15, -0.1) is 0 Å². The molecule has 7 aromatic carbocycles. The summed E-state index contributed by atoms with van der Waals surface area (Å²) in [7, 11) is 0. The van der Waals surface area contributed by atoms with Gasteiger partial charge in [-0.3, -0.25) is 0 Å². The fourth-order valence-electron chi connectivity index (χ4n) is 9.63. The second-order valence-electron chi connectivity index (χ2n) is 15.9. The molecule has 0 saturated heterocycles. The maximum atomic E-state index is 6.30. The van der Waals surface area contributed by atoms with Crippen LogP contribution in [0.25, 0.3) is 49.4 Å². The number of aryl methyl sites for hydroxylation is 1. The molecule has 12 rings (SSSR count). The van der Waals surface area contributed by atoms with Gasteiger partial charge in [-0.25, -0.2) is 0 Å². The number of benzene rings is 7. The van der Waals surface area contributed by atoms with Gasteiger partial charge in [0.25, 0.3) is 6.71 Å². The van der Waals surface area contributed by atoms with Crippen LogP contribution in [0, 0.1) is 6.92 Å². The van der Waals surface area contributed by atoms with E-state index in [1.54, 1.807) is 0 Å². The largest absolute Gasteiger partial charge is 0.456 e. The smallest absolute Gasteiger partial charge is 0.252 e. The van der Waals surface area contributed by atoms with Gasteiger partial charge in [-0.1, -0.05) is 93.6 Å². The van der Waals surface area contributed by atoms with E-state index < -0.39 is 0 Å². The fourth-order valence-corrected chi connectivity index (χ4v) is 9.63. The molecule has 0 spiro atoms. The lowest BCUT2D eigenvalue weighted by molar-refractivity contribution is 0.591. The molecular weight excluding hydrogens is 633 g/mol. The third-order valence-corrected chi connectivity index (χ3v) is 11.9. The summed E-state index contributed by atoms with van der Waals surface area (Å²) in [6, 6.07) is 49.8. The summed E-state index contributed by atoms with van der Waals surface area (Å²) < 4.78 is 8.82. The van der Waals surface area contributed by atoms with Crippen LogP contribution in [0.1, 0.15) is 31.9 Å². The summed E-state index contributed by atoms with van der Waals surface area (Å²) in [5, 5.41) is 4.85. The zero-order chi connectivity index (χ0) is 34.6. The van der Waals surface area contributed by atoms with Crippen molar-refractivity contribution < 1.29 is 4.42 Å². The predicted molar refractivity (Wildman–Crippen MR) is 219 cm³/mol. The Labute approximate surface area is 302 Å². The molecule has 246 valence electrons. The normalized spacial score (nSPS) is 14.0. The first-order chi connectivity index (χ1) is 25.3. The Balaban J connectivity index is 1.21. The Morgan fingerprint density at radius 3 is 2.13 bits per heavy atom. The minimum atomic E-state index is -0.00369. The molecule has 2 aromatic heterocycles. The standard InChI is InChI=1S/C47H34BN3O/c1-27-23-40-44-41(24-27)51-38-16-9-13-32-30-11-5-7-15-36(30)50(45(32)38)39-17-10-14-34(46(39)51)48(44)35-25-28(47(2,3)4)19-21-37(35)49(40)29-20-22-43-33(26-29)31-12-6-8-18-42(31)52-43/h5-26H,1-4H3. The molecule has 0 radical (unpaired) electrons. The van der Waals surface area contributed by atoms with Crippen molar-refractivity contribution in [1.29, 1.82) is 0 Å². The number of rotatable bonds is 1. The summed E-state index contributed by atoms with van der Waals surface area (Å²) in [5.74, 6) is 0. The van der Waals surface area contributed by atoms with Gasteiger partial charge in [0.05, 0.1) is 28.1 Å². The molecule has 5 heteroatoms. The van der Waals surface area contributed by atoms with E-state index in [9.17, 15) is 0 Å². The SMILES string of the molecule is Cc1cc2c3c(c1)N1c4c(cccc4-n4c5ccccc5c5cccc1c54)B3c1cc(C(C)(C)C)ccc1N2c1ccc2oc3ccccc3c2c1. The van der Waals surface area contributed by atoms with Crippen molar-refractivity contribution in [2.45, 2.75) is 33.1 Å². The van der Waals surface area contributed by atoms with Crippen LogP contribution in [0.2, 0.25) is 0 Å². The molecule has 0 N–H and O–H groups in total. The topological polar surface area (TPSA) is 24.6 Å². The molecular formula is C47H34BN3O. The summed E-state index contributed by atoms with van der Waals surface area (Å²) >= 11 is 0. The summed E-state index contributed by atoms with van der Waals surface area (Å²) in [4.78, 5) is 5.10. The van der Waals surface area contributed by atoms with Gasteiger partial charge in [-0.05, 0) is 101 Å². The molecule has 0 saturated carbocycles. The van der Waals surface area contributed by atoms with Gasteiger partial charge in [-0.2, -0.15) is 0 Å². The maximum Gasteiger partial charge on any atom is 0.252 e. The zero-order valence-electron chi connectivity index (χ0n) is 29.5. The summed E-state index contributed by atoms with van der Waals surface area (Å²) in [6.45, 7) is 9.27. The second kappa shape index (κ2) is 9.57. The predicted octanol–water partition coefficient (Wildman–Crippen LogP) is 10.7. The first-order valence-corrected chi connectivity index (χ1v) is 18.3. The number of hydrogen-bond donors (Lipinski definition) is 0. The number of aromatic nitrogens is 1. The van der Waals surface area contributed by atoms with Gasteiger partial charge < -0.3 is 18.8 Å². The Bertz CT molecular complexity index is 3050. The van der Waals surface area contributed by atoms with Crippen LogP contribution in [0.4, 0.5) is 34.1 Å². The molecule has 9 aromatic rings. The summed E-state index contributed by atoms with van der Waals surface area (Å²) in [5.41, 5.74) is 19.6. The highest BCUT2D eigenvalue weighted by Gasteiger charge is 2.46. The highest BCUT2D eigenvalue weighted by Crippen LogP contribution is 2.52. The first-order valence-electron chi connectivity index (χ1n) is 18.3. The lowest BCUT2D eigenvalue weighted by atomic mass is 9.33. The lowest BCUT2D eigenvalue weighted by Crippen LogP contribution is -2.62. The van der Waals surface area contributed by atoms with E-state index in [1.807, 2.05) is 6.07 Å². The van der Waals surface area contributed by atoms with Gasteiger partial charge in [0.2, 0.25) is 0 Å². The molecule has 0 bridgehead atoms. The fraction of sp³-hybridized carbons (Fsp3) is 0.106. The van der Waals surface area contributed by atoms with Crippen LogP contribution >= 0.6 is 0 Å². The average Bonchev–Trinajstić information content (AvgIpc) is 3.70. The van der Waals surface area contributed by atoms with Crippen molar-refractivity contribution in [3.63, 3.8) is 0 Å². The number of hydrogen-bond acceptors (Lipinski definition) is 3. The molecule has 4 nitrogen and oxygen atoms in total. The van der Waals surface area contributed by atoms with E-state index in [0.717, 1.165) is 27.6 Å². The lowest BCUT2D eigenvalue weighted by Gasteiger charge is -2.46. The Morgan fingerprint density at radius 2 is 1.27 bits per heavy atom. The van der Waals surface area contributed by atoms with Crippen molar-refractivity contribution in [3.05, 3.63) is 145 Å². The number of nitrogens with zero attached hydrogens (tertiary/aromatic N) is 3. The van der Waals surface area contributed by atoms with Crippen molar-refractivity contribution in [2.75, 3.05) is 9.80 Å². The summed E-state index contributed by atoms with van der Waals surface area (Å²) in [6.07, 6.45) is 0. The van der Waals surface area contributed by atoms with E-state index in [2.05, 4.69) is 169 Å². The van der Waals surface area contributed by atoms with E-state index in [1.165, 1.54) is 83.4 Å². The number of fused-ring (bicyclic) bond motifs is 12. The highest BCUT2D eigenvalue weighted by molar-refractivity contribution is 7.00. The first kappa shape index (κ1) is 28.5. The van der Waals surface area contributed by atoms with Crippen LogP contribution in [-0.2, 0) is 5.41 Å². The van der Waals surface area contributed by atoms with E-state index in [4.69, 9.17) is 4.42 Å². The molecule has 0 unspecified atom stereocenters. The van der Waals surface area contributed by atoms with Crippen molar-refractivity contribution in [1.82, 2.24) is 4.57 Å². The molecule has 5 heterocycles. The number of para-hydroxylation sites is 4. The third-order valence-electron chi connectivity index (χ3n) is 11.9. The molecule has 3 aliphatic rings. The molecule has 3 aliphatic heterocycles. The molecule has 0 fully saturated rings. The number of furan rings is 1. The maximum absolute atomic E-state index is 6.30. The van der Waals surface area contributed by atoms with Crippen LogP contribution in [-0.4, -0.2) is 11.3 Å². The Morgan fingerprint density at radius 1 is 0.538 bits per heavy atom. The van der Waals surface area contributed by atoms with E-state index >= 15 is 0 Å². The van der Waals surface area contributed by atoms with E-state index in [0.29, 0.717) is 0 Å². The van der Waals surface area contributed by atoms with Crippen LogP contribution < -0.4 is 26.2 Å². The van der Waals surface area contributed by atoms with Gasteiger partial charge in [0.15, 0.2) is 0 Å². The second-order valence-corrected chi connectivity index (χ2v) is 15.9. The van der Waals surface area contributed by atoms with Gasteiger partial charge in [0.1, 0.15) is 11.2 Å². The molecule has 0 amide bonds. The number of anilines is 6. The monoisotopic (exact) mass is 667 g/mol. The Hall–Kier alpha value is -6.20. The van der Waals surface area contributed by atoms with Crippen LogP contribution in [0.5, 0.6) is 0 Å². The molecule has 52 heavy (non-hydrogen) atoms. The van der Waals surface area contributed by atoms with Gasteiger partial charge >= 0.3 is 0 Å². The van der Waals surface area contributed by atoms with E-state index in [-0.39, 0.29) is 12.1 Å². The zero-order valence-corrected chi connectivity index (χ0v) is 29.5. The van der Waals surface area contributed by atoms with Crippen molar-refractivity contribution in [2.24, 2.45) is 0 Å². The average molecular weight is 668 g/mol. The van der Waals surface area contributed by atoms with Crippen molar-refractivity contribution >= 4 is 101 Å². The molecule has 0 aliphatic carbocycles. The minimum Gasteiger partial charge on any atom is -0.456 e.